The molecule has 2 N–H and O–H groups in total. The first-order chi connectivity index (χ1) is 9.70. The van der Waals surface area contributed by atoms with Crippen LogP contribution in [0.2, 0.25) is 0 Å². The number of rotatable bonds is 5. The van der Waals surface area contributed by atoms with Crippen LogP contribution in [0.5, 0.6) is 0 Å². The smallest absolute Gasteiger partial charge is 0.320 e. The highest BCUT2D eigenvalue weighted by molar-refractivity contribution is 5.88. The van der Waals surface area contributed by atoms with E-state index < -0.39 is 11.9 Å². The van der Waals surface area contributed by atoms with Crippen molar-refractivity contribution in [3.8, 4) is 0 Å². The molecule has 0 radical (unpaired) electrons. The molecule has 0 aromatic rings. The Kier molecular flexibility index (Phi) is 5.34. The summed E-state index contributed by atoms with van der Waals surface area (Å²) in [6.07, 6.45) is 1.26. The van der Waals surface area contributed by atoms with Gasteiger partial charge in [0.1, 0.15) is 6.04 Å². The van der Waals surface area contributed by atoms with Gasteiger partial charge in [-0.15, -0.1) is 0 Å². The summed E-state index contributed by atoms with van der Waals surface area (Å²) in [6, 6.07) is -0.973. The van der Waals surface area contributed by atoms with E-state index in [4.69, 9.17) is 5.73 Å². The van der Waals surface area contributed by atoms with Crippen molar-refractivity contribution >= 4 is 17.8 Å². The first-order valence-corrected chi connectivity index (χ1v) is 6.91. The second-order valence-corrected chi connectivity index (χ2v) is 5.70. The predicted molar refractivity (Wildman–Crippen MR) is 79.3 cm³/mol. The van der Waals surface area contributed by atoms with Crippen molar-refractivity contribution in [2.75, 3.05) is 27.2 Å². The van der Waals surface area contributed by atoms with E-state index in [-0.39, 0.29) is 23.9 Å². The minimum atomic E-state index is -0.647. The summed E-state index contributed by atoms with van der Waals surface area (Å²) in [4.78, 5) is 39.8. The Bertz CT molecular complexity index is 444. The Balaban J connectivity index is 2.65. The highest BCUT2D eigenvalue weighted by atomic mass is 16.2. The number of nitrogens with two attached hydrogens (primary N) is 1. The number of urea groups is 1. The summed E-state index contributed by atoms with van der Waals surface area (Å²) >= 11 is 0. The van der Waals surface area contributed by atoms with Crippen LogP contribution in [0, 0.1) is 5.92 Å². The van der Waals surface area contributed by atoms with Crippen molar-refractivity contribution in [2.45, 2.75) is 25.9 Å². The topological polar surface area (TPSA) is 87.0 Å². The highest BCUT2D eigenvalue weighted by Gasteiger charge is 2.37. The number of likely N-dealkylation sites (tertiary alicyclic amines) is 1. The van der Waals surface area contributed by atoms with Gasteiger partial charge in [0.15, 0.2) is 0 Å². The molecule has 0 aliphatic carbocycles. The van der Waals surface area contributed by atoms with Crippen LogP contribution >= 0.6 is 0 Å². The summed E-state index contributed by atoms with van der Waals surface area (Å²) in [5.74, 6) is -0.728. The summed E-state index contributed by atoms with van der Waals surface area (Å²) in [7, 11) is 3.23. The molecule has 7 nitrogen and oxygen atoms in total. The quantitative estimate of drug-likeness (QED) is 0.717. The van der Waals surface area contributed by atoms with Crippen molar-refractivity contribution in [2.24, 2.45) is 11.7 Å². The summed E-state index contributed by atoms with van der Waals surface area (Å²) in [6.45, 7) is 8.06. The van der Waals surface area contributed by atoms with Crippen LogP contribution < -0.4 is 5.73 Å². The molecule has 0 bridgehead atoms. The number of carbonyl (C=O) groups is 3. The van der Waals surface area contributed by atoms with Crippen molar-refractivity contribution in [3.63, 3.8) is 0 Å². The SMILES string of the molecule is C=CC(=O)N1CC(N(C)C(=O)N(C)[C@H](C(N)=O)C(C)C)C1. The maximum atomic E-state index is 12.4. The molecule has 118 valence electrons. The minimum absolute atomic E-state index is 0.0514. The van der Waals surface area contributed by atoms with Gasteiger partial charge in [0.2, 0.25) is 11.8 Å². The lowest BCUT2D eigenvalue weighted by molar-refractivity contribution is -0.132. The molecule has 1 rings (SSSR count). The van der Waals surface area contributed by atoms with E-state index in [0.717, 1.165) is 0 Å². The van der Waals surface area contributed by atoms with Gasteiger partial charge in [-0.25, -0.2) is 4.79 Å². The summed E-state index contributed by atoms with van der Waals surface area (Å²) < 4.78 is 0. The number of carbonyl (C=O) groups excluding carboxylic acids is 3. The zero-order valence-electron chi connectivity index (χ0n) is 13.1. The van der Waals surface area contributed by atoms with E-state index in [1.54, 1.807) is 23.9 Å². The Morgan fingerprint density at radius 1 is 1.29 bits per heavy atom. The number of nitrogens with zero attached hydrogens (tertiary/aromatic N) is 3. The number of hydrogen-bond donors (Lipinski definition) is 1. The van der Waals surface area contributed by atoms with Crippen LogP contribution in [0.3, 0.4) is 0 Å². The normalized spacial score (nSPS) is 16.1. The van der Waals surface area contributed by atoms with Crippen LogP contribution in [0.15, 0.2) is 12.7 Å². The molecule has 7 heteroatoms. The second kappa shape index (κ2) is 6.60. The zero-order chi connectivity index (χ0) is 16.3. The Hall–Kier alpha value is -2.05. The monoisotopic (exact) mass is 296 g/mol. The van der Waals surface area contributed by atoms with Gasteiger partial charge in [0.25, 0.3) is 0 Å². The highest BCUT2D eigenvalue weighted by Crippen LogP contribution is 2.17. The van der Waals surface area contributed by atoms with Gasteiger partial charge in [-0.1, -0.05) is 20.4 Å². The first-order valence-electron chi connectivity index (χ1n) is 6.91. The molecular formula is C14H24N4O3. The molecule has 1 aliphatic rings. The number of hydrogen-bond acceptors (Lipinski definition) is 3. The number of amides is 4. The van der Waals surface area contributed by atoms with Gasteiger partial charge >= 0.3 is 6.03 Å². The molecule has 1 fully saturated rings. The number of likely N-dealkylation sites (N-methyl/N-ethyl adjacent to an activating group) is 2. The van der Waals surface area contributed by atoms with Gasteiger partial charge in [-0.05, 0) is 12.0 Å². The largest absolute Gasteiger partial charge is 0.368 e. The third kappa shape index (κ3) is 3.53. The van der Waals surface area contributed by atoms with Crippen LogP contribution in [-0.4, -0.2) is 71.8 Å². The van der Waals surface area contributed by atoms with Crippen LogP contribution in [0.25, 0.3) is 0 Å². The third-order valence-corrected chi connectivity index (χ3v) is 3.84. The maximum absolute atomic E-state index is 12.4. The lowest BCUT2D eigenvalue weighted by atomic mass is 10.0. The van der Waals surface area contributed by atoms with E-state index in [1.807, 2.05) is 13.8 Å². The van der Waals surface area contributed by atoms with Gasteiger partial charge in [0, 0.05) is 27.2 Å². The lowest BCUT2D eigenvalue weighted by Gasteiger charge is -2.45. The molecule has 1 atom stereocenters. The van der Waals surface area contributed by atoms with Gasteiger partial charge < -0.3 is 20.4 Å². The lowest BCUT2D eigenvalue weighted by Crippen LogP contribution is -2.63. The third-order valence-electron chi connectivity index (χ3n) is 3.84. The maximum Gasteiger partial charge on any atom is 0.320 e. The fraction of sp³-hybridized carbons (Fsp3) is 0.643. The summed E-state index contributed by atoms with van der Waals surface area (Å²) in [5, 5.41) is 0. The zero-order valence-corrected chi connectivity index (χ0v) is 13.1. The predicted octanol–water partition coefficient (Wildman–Crippen LogP) is -0.123. The van der Waals surface area contributed by atoms with Crippen molar-refractivity contribution in [3.05, 3.63) is 12.7 Å². The van der Waals surface area contributed by atoms with Crippen molar-refractivity contribution in [1.82, 2.24) is 14.7 Å². The van der Waals surface area contributed by atoms with Gasteiger partial charge in [-0.3, -0.25) is 9.59 Å². The average Bonchev–Trinajstić information content (AvgIpc) is 2.34. The Morgan fingerprint density at radius 3 is 2.19 bits per heavy atom. The molecule has 1 saturated heterocycles. The van der Waals surface area contributed by atoms with Crippen molar-refractivity contribution in [1.29, 1.82) is 0 Å². The molecular weight excluding hydrogens is 272 g/mol. The van der Waals surface area contributed by atoms with E-state index in [1.165, 1.54) is 11.0 Å². The summed E-state index contributed by atoms with van der Waals surface area (Å²) in [5.41, 5.74) is 5.36. The van der Waals surface area contributed by atoms with Crippen LogP contribution in [0.1, 0.15) is 13.8 Å². The van der Waals surface area contributed by atoms with E-state index in [9.17, 15) is 14.4 Å². The molecule has 1 aliphatic heterocycles. The first kappa shape index (κ1) is 17.0. The molecule has 0 unspecified atom stereocenters. The molecule has 21 heavy (non-hydrogen) atoms. The van der Waals surface area contributed by atoms with E-state index in [2.05, 4.69) is 6.58 Å². The van der Waals surface area contributed by atoms with Gasteiger partial charge in [-0.2, -0.15) is 0 Å². The molecule has 1 heterocycles. The second-order valence-electron chi connectivity index (χ2n) is 5.70. The molecule has 0 spiro atoms. The fourth-order valence-corrected chi connectivity index (χ4v) is 2.50. The van der Waals surface area contributed by atoms with Crippen molar-refractivity contribution < 1.29 is 14.4 Å². The molecule has 0 saturated carbocycles. The van der Waals surface area contributed by atoms with E-state index in [0.29, 0.717) is 13.1 Å². The number of primary amides is 1. The minimum Gasteiger partial charge on any atom is -0.368 e. The van der Waals surface area contributed by atoms with Crippen LogP contribution in [-0.2, 0) is 9.59 Å². The average molecular weight is 296 g/mol. The van der Waals surface area contributed by atoms with E-state index >= 15 is 0 Å². The fourth-order valence-electron chi connectivity index (χ4n) is 2.50. The van der Waals surface area contributed by atoms with Crippen LogP contribution in [0.4, 0.5) is 4.79 Å². The Labute approximate surface area is 125 Å². The van der Waals surface area contributed by atoms with Gasteiger partial charge in [0.05, 0.1) is 6.04 Å². The molecule has 0 aromatic heterocycles. The molecule has 4 amide bonds. The Morgan fingerprint density at radius 2 is 1.81 bits per heavy atom. The standard InChI is InChI=1S/C14H24N4O3/c1-6-11(19)18-7-10(8-18)16(4)14(21)17(5)12(9(2)3)13(15)20/h6,9-10,12H,1,7-8H2,2-5H3,(H2,15,20)/t12-/m0/s1. The molecule has 0 aromatic carbocycles.